The molecule has 0 amide bonds. The van der Waals surface area contributed by atoms with Crippen molar-refractivity contribution >= 4 is 17.3 Å². The molecule has 0 aliphatic carbocycles. The summed E-state index contributed by atoms with van der Waals surface area (Å²) in [6, 6.07) is 6.75. The molecule has 94 valence electrons. The second-order valence-corrected chi connectivity index (χ2v) is 3.91. The molecule has 0 bridgehead atoms. The highest BCUT2D eigenvalue weighted by atomic mass is 16.4. The summed E-state index contributed by atoms with van der Waals surface area (Å²) in [7, 11) is 1.84. The molecule has 0 unspecified atom stereocenters. The van der Waals surface area contributed by atoms with Gasteiger partial charge in [-0.2, -0.15) is 5.10 Å². The zero-order valence-corrected chi connectivity index (χ0v) is 9.92. The summed E-state index contributed by atoms with van der Waals surface area (Å²) in [6.07, 6.45) is 1.84. The molecular weight excluding hydrogens is 232 g/mol. The third kappa shape index (κ3) is 2.42. The minimum Gasteiger partial charge on any atom is -0.478 e. The molecular formula is C12H14N4O2. The van der Waals surface area contributed by atoms with Gasteiger partial charge in [0.1, 0.15) is 0 Å². The highest BCUT2D eigenvalue weighted by Gasteiger charge is 2.10. The second kappa shape index (κ2) is 4.79. The van der Waals surface area contributed by atoms with E-state index in [0.29, 0.717) is 12.2 Å². The predicted octanol–water partition coefficient (Wildman–Crippen LogP) is 1.31. The Kier molecular flexibility index (Phi) is 3.18. The number of carboxylic acids is 1. The molecule has 6 heteroatoms. The Morgan fingerprint density at radius 3 is 2.89 bits per heavy atom. The molecule has 2 rings (SSSR count). The Labute approximate surface area is 104 Å². The number of carbonyl (C=O) groups is 1. The maximum atomic E-state index is 10.9. The SMILES string of the molecule is Cn1ccc(CNc2cccc(C(=O)O)c2N)n1. The zero-order valence-electron chi connectivity index (χ0n) is 9.92. The number of aryl methyl sites for hydroxylation is 1. The van der Waals surface area contributed by atoms with E-state index in [1.807, 2.05) is 19.3 Å². The molecule has 4 N–H and O–H groups in total. The molecule has 0 fully saturated rings. The van der Waals surface area contributed by atoms with E-state index in [9.17, 15) is 4.79 Å². The van der Waals surface area contributed by atoms with Crippen LogP contribution in [0.1, 0.15) is 16.1 Å². The van der Waals surface area contributed by atoms with Gasteiger partial charge < -0.3 is 16.2 Å². The zero-order chi connectivity index (χ0) is 13.1. The number of hydrogen-bond donors (Lipinski definition) is 3. The van der Waals surface area contributed by atoms with Gasteiger partial charge in [-0.15, -0.1) is 0 Å². The van der Waals surface area contributed by atoms with Crippen molar-refractivity contribution in [3.05, 3.63) is 41.7 Å². The average Bonchev–Trinajstić information content (AvgIpc) is 2.73. The summed E-state index contributed by atoms with van der Waals surface area (Å²) < 4.78 is 1.70. The highest BCUT2D eigenvalue weighted by Crippen LogP contribution is 2.23. The van der Waals surface area contributed by atoms with Crippen LogP contribution in [0.15, 0.2) is 30.5 Å². The third-order valence-corrected chi connectivity index (χ3v) is 2.57. The van der Waals surface area contributed by atoms with Crippen LogP contribution in [0.5, 0.6) is 0 Å². The Hall–Kier alpha value is -2.50. The number of nitrogens with zero attached hydrogens (tertiary/aromatic N) is 2. The molecule has 1 aromatic heterocycles. The lowest BCUT2D eigenvalue weighted by atomic mass is 10.1. The van der Waals surface area contributed by atoms with E-state index in [2.05, 4.69) is 10.4 Å². The van der Waals surface area contributed by atoms with E-state index in [1.165, 1.54) is 6.07 Å². The van der Waals surface area contributed by atoms with Gasteiger partial charge in [-0.1, -0.05) is 6.07 Å². The quantitative estimate of drug-likeness (QED) is 0.707. The summed E-state index contributed by atoms with van der Waals surface area (Å²) >= 11 is 0. The lowest BCUT2D eigenvalue weighted by Gasteiger charge is -2.09. The Morgan fingerprint density at radius 2 is 2.28 bits per heavy atom. The molecule has 0 saturated heterocycles. The number of nitrogens with two attached hydrogens (primary N) is 1. The Balaban J connectivity index is 2.14. The smallest absolute Gasteiger partial charge is 0.337 e. The molecule has 6 nitrogen and oxygen atoms in total. The van der Waals surface area contributed by atoms with E-state index >= 15 is 0 Å². The van der Waals surface area contributed by atoms with Crippen molar-refractivity contribution in [3.8, 4) is 0 Å². The average molecular weight is 246 g/mol. The van der Waals surface area contributed by atoms with Crippen molar-refractivity contribution in [2.45, 2.75) is 6.54 Å². The van der Waals surface area contributed by atoms with Crippen molar-refractivity contribution in [3.63, 3.8) is 0 Å². The fourth-order valence-corrected chi connectivity index (χ4v) is 1.65. The Morgan fingerprint density at radius 1 is 1.50 bits per heavy atom. The van der Waals surface area contributed by atoms with Gasteiger partial charge >= 0.3 is 5.97 Å². The molecule has 0 atom stereocenters. The van der Waals surface area contributed by atoms with Gasteiger partial charge in [-0.3, -0.25) is 4.68 Å². The van der Waals surface area contributed by atoms with Crippen molar-refractivity contribution in [1.29, 1.82) is 0 Å². The topological polar surface area (TPSA) is 93.2 Å². The van der Waals surface area contributed by atoms with Gasteiger partial charge in [-0.25, -0.2) is 4.79 Å². The summed E-state index contributed by atoms with van der Waals surface area (Å²) in [4.78, 5) is 10.9. The number of para-hydroxylation sites is 1. The maximum absolute atomic E-state index is 10.9. The van der Waals surface area contributed by atoms with Gasteiger partial charge in [0.05, 0.1) is 29.2 Å². The molecule has 0 radical (unpaired) electrons. The van der Waals surface area contributed by atoms with Crippen molar-refractivity contribution < 1.29 is 9.90 Å². The Bertz CT molecular complexity index is 577. The van der Waals surface area contributed by atoms with Crippen LogP contribution in [-0.2, 0) is 13.6 Å². The minimum atomic E-state index is -1.03. The normalized spacial score (nSPS) is 10.3. The molecule has 18 heavy (non-hydrogen) atoms. The van der Waals surface area contributed by atoms with Gasteiger partial charge in [0, 0.05) is 13.2 Å². The van der Waals surface area contributed by atoms with E-state index in [1.54, 1.807) is 16.8 Å². The molecule has 0 saturated carbocycles. The first-order valence-corrected chi connectivity index (χ1v) is 5.42. The fraction of sp³-hybridized carbons (Fsp3) is 0.167. The van der Waals surface area contributed by atoms with Gasteiger partial charge in [0.25, 0.3) is 0 Å². The first-order chi connectivity index (χ1) is 8.58. The standard InChI is InChI=1S/C12H14N4O2/c1-16-6-5-8(15-16)7-14-10-4-2-3-9(11(10)13)12(17)18/h2-6,14H,7,13H2,1H3,(H,17,18). The summed E-state index contributed by atoms with van der Waals surface area (Å²) in [5.74, 6) is -1.03. The molecule has 0 spiro atoms. The van der Waals surface area contributed by atoms with E-state index in [-0.39, 0.29) is 11.3 Å². The fourth-order valence-electron chi connectivity index (χ4n) is 1.65. The number of rotatable bonds is 4. The van der Waals surface area contributed by atoms with Crippen LogP contribution >= 0.6 is 0 Å². The maximum Gasteiger partial charge on any atom is 0.337 e. The monoisotopic (exact) mass is 246 g/mol. The van der Waals surface area contributed by atoms with Gasteiger partial charge in [-0.05, 0) is 18.2 Å². The minimum absolute atomic E-state index is 0.0982. The lowest BCUT2D eigenvalue weighted by molar-refractivity contribution is 0.0698. The number of aromatic carboxylic acids is 1. The second-order valence-electron chi connectivity index (χ2n) is 3.91. The third-order valence-electron chi connectivity index (χ3n) is 2.57. The molecule has 2 aromatic rings. The van der Waals surface area contributed by atoms with Crippen LogP contribution in [0.2, 0.25) is 0 Å². The number of nitrogens with one attached hydrogen (secondary N) is 1. The summed E-state index contributed by atoms with van der Waals surface area (Å²) in [5.41, 5.74) is 7.58. The summed E-state index contributed by atoms with van der Waals surface area (Å²) in [5, 5.41) is 16.2. The molecule has 0 aliphatic heterocycles. The van der Waals surface area contributed by atoms with Gasteiger partial charge in [0.15, 0.2) is 0 Å². The van der Waals surface area contributed by atoms with Crippen LogP contribution in [0.4, 0.5) is 11.4 Å². The molecule has 1 aromatic carbocycles. The summed E-state index contributed by atoms with van der Waals surface area (Å²) in [6.45, 7) is 0.494. The number of benzene rings is 1. The van der Waals surface area contributed by atoms with E-state index in [0.717, 1.165) is 5.69 Å². The number of hydrogen-bond acceptors (Lipinski definition) is 4. The van der Waals surface area contributed by atoms with Crippen LogP contribution < -0.4 is 11.1 Å². The first kappa shape index (κ1) is 12.0. The predicted molar refractivity (Wildman–Crippen MR) is 68.3 cm³/mol. The largest absolute Gasteiger partial charge is 0.478 e. The van der Waals surface area contributed by atoms with Crippen molar-refractivity contribution in [2.24, 2.45) is 7.05 Å². The number of carboxylic acid groups (broad SMARTS) is 1. The van der Waals surface area contributed by atoms with Crippen LogP contribution in [0, 0.1) is 0 Å². The first-order valence-electron chi connectivity index (χ1n) is 5.42. The highest BCUT2D eigenvalue weighted by molar-refractivity contribution is 5.97. The van der Waals surface area contributed by atoms with Crippen molar-refractivity contribution in [2.75, 3.05) is 11.1 Å². The number of nitrogen functional groups attached to an aromatic ring is 1. The van der Waals surface area contributed by atoms with Crippen molar-refractivity contribution in [1.82, 2.24) is 9.78 Å². The van der Waals surface area contributed by atoms with Crippen LogP contribution in [0.25, 0.3) is 0 Å². The van der Waals surface area contributed by atoms with Crippen LogP contribution in [-0.4, -0.2) is 20.9 Å². The number of aromatic nitrogens is 2. The van der Waals surface area contributed by atoms with E-state index < -0.39 is 5.97 Å². The lowest BCUT2D eigenvalue weighted by Crippen LogP contribution is -2.08. The molecule has 1 heterocycles. The van der Waals surface area contributed by atoms with Gasteiger partial charge in [0.2, 0.25) is 0 Å². The molecule has 0 aliphatic rings. The van der Waals surface area contributed by atoms with Crippen LogP contribution in [0.3, 0.4) is 0 Å². The number of anilines is 2. The van der Waals surface area contributed by atoms with E-state index in [4.69, 9.17) is 10.8 Å².